The maximum atomic E-state index is 12.8. The van der Waals surface area contributed by atoms with Crippen molar-refractivity contribution in [2.75, 3.05) is 6.54 Å². The molecule has 0 amide bonds. The van der Waals surface area contributed by atoms with Crippen molar-refractivity contribution in [3.63, 3.8) is 0 Å². The van der Waals surface area contributed by atoms with Crippen LogP contribution in [0.2, 0.25) is 0 Å². The van der Waals surface area contributed by atoms with E-state index in [-0.39, 0.29) is 4.90 Å². The summed E-state index contributed by atoms with van der Waals surface area (Å²) in [7, 11) is -3.62. The van der Waals surface area contributed by atoms with E-state index in [1.165, 1.54) is 0 Å². The van der Waals surface area contributed by atoms with Gasteiger partial charge in [0, 0.05) is 29.2 Å². The van der Waals surface area contributed by atoms with Crippen molar-refractivity contribution in [3.8, 4) is 11.4 Å². The third kappa shape index (κ3) is 3.49. The fourth-order valence-electron chi connectivity index (χ4n) is 3.63. The molecule has 0 aliphatic rings. The third-order valence-electron chi connectivity index (χ3n) is 5.17. The van der Waals surface area contributed by atoms with E-state index in [1.807, 2.05) is 60.8 Å². The van der Waals surface area contributed by atoms with Gasteiger partial charge in [-0.15, -0.1) is 0 Å². The average molecular weight is 417 g/mol. The van der Waals surface area contributed by atoms with Gasteiger partial charge in [-0.2, -0.15) is 0 Å². The molecule has 2 heterocycles. The molecule has 0 aliphatic heterocycles. The van der Waals surface area contributed by atoms with Gasteiger partial charge in [0.2, 0.25) is 10.0 Å². The maximum Gasteiger partial charge on any atom is 0.240 e. The molecule has 150 valence electrons. The number of nitrogens with zero attached hydrogens (tertiary/aromatic N) is 1. The molecule has 3 aromatic carbocycles. The van der Waals surface area contributed by atoms with Crippen LogP contribution in [0.1, 0.15) is 5.56 Å². The minimum absolute atomic E-state index is 0.220. The lowest BCUT2D eigenvalue weighted by molar-refractivity contribution is 0.582. The topological polar surface area (TPSA) is 90.6 Å². The first kappa shape index (κ1) is 18.6. The zero-order valence-electron chi connectivity index (χ0n) is 16.1. The van der Waals surface area contributed by atoms with Gasteiger partial charge < -0.3 is 9.97 Å². The average Bonchev–Trinajstić information content (AvgIpc) is 3.38. The highest BCUT2D eigenvalue weighted by molar-refractivity contribution is 7.89. The molecule has 7 heteroatoms. The fourth-order valence-corrected chi connectivity index (χ4v) is 4.69. The summed E-state index contributed by atoms with van der Waals surface area (Å²) in [6.07, 6.45) is 2.54. The minimum atomic E-state index is -3.62. The summed E-state index contributed by atoms with van der Waals surface area (Å²) < 4.78 is 28.3. The minimum Gasteiger partial charge on any atom is -0.361 e. The van der Waals surface area contributed by atoms with E-state index in [9.17, 15) is 8.42 Å². The molecule has 0 fully saturated rings. The predicted octanol–water partition coefficient (Wildman–Crippen LogP) is 4.23. The Hall–Kier alpha value is -3.42. The Labute approximate surface area is 174 Å². The van der Waals surface area contributed by atoms with Crippen LogP contribution in [0, 0.1) is 0 Å². The SMILES string of the molecule is O=S(=O)(NCCc1c[nH]c2ccccc12)c1ccc2nc(-c3ccccc3)[nH]c2c1. The van der Waals surface area contributed by atoms with Crippen LogP contribution < -0.4 is 4.72 Å². The molecule has 0 radical (unpaired) electrons. The van der Waals surface area contributed by atoms with Gasteiger partial charge in [0.25, 0.3) is 0 Å². The summed E-state index contributed by atoms with van der Waals surface area (Å²) in [5.41, 5.74) is 4.51. The van der Waals surface area contributed by atoms with Crippen LogP contribution in [-0.2, 0) is 16.4 Å². The normalized spacial score (nSPS) is 12.0. The third-order valence-corrected chi connectivity index (χ3v) is 6.63. The lowest BCUT2D eigenvalue weighted by atomic mass is 10.1. The van der Waals surface area contributed by atoms with Crippen LogP contribution in [-0.4, -0.2) is 29.9 Å². The maximum absolute atomic E-state index is 12.8. The lowest BCUT2D eigenvalue weighted by Gasteiger charge is -2.06. The van der Waals surface area contributed by atoms with Crippen LogP contribution in [0.3, 0.4) is 0 Å². The standard InChI is InChI=1S/C23H20N4O2S/c28-30(29,25-13-12-17-15-24-20-9-5-4-8-19(17)20)18-10-11-21-22(14-18)27-23(26-21)16-6-2-1-3-7-16/h1-11,14-15,24-25H,12-13H2,(H,26,27). The Morgan fingerprint density at radius 2 is 1.70 bits per heavy atom. The summed E-state index contributed by atoms with van der Waals surface area (Å²) in [6.45, 7) is 0.320. The van der Waals surface area contributed by atoms with E-state index in [1.54, 1.807) is 18.2 Å². The first-order valence-electron chi connectivity index (χ1n) is 9.70. The number of fused-ring (bicyclic) bond motifs is 2. The van der Waals surface area contributed by atoms with Crippen molar-refractivity contribution in [1.82, 2.24) is 19.7 Å². The van der Waals surface area contributed by atoms with Gasteiger partial charge in [0.1, 0.15) is 5.82 Å². The van der Waals surface area contributed by atoms with Gasteiger partial charge in [-0.1, -0.05) is 48.5 Å². The zero-order valence-corrected chi connectivity index (χ0v) is 16.9. The Morgan fingerprint density at radius 3 is 2.57 bits per heavy atom. The molecule has 5 aromatic rings. The lowest BCUT2D eigenvalue weighted by Crippen LogP contribution is -2.25. The number of aromatic amines is 2. The molecule has 0 bridgehead atoms. The van der Waals surface area contributed by atoms with E-state index in [0.29, 0.717) is 24.3 Å². The molecule has 3 N–H and O–H groups in total. The Bertz CT molecular complexity index is 1440. The van der Waals surface area contributed by atoms with Crippen LogP contribution >= 0.6 is 0 Å². The van der Waals surface area contributed by atoms with Crippen LogP contribution in [0.5, 0.6) is 0 Å². The van der Waals surface area contributed by atoms with Gasteiger partial charge in [-0.25, -0.2) is 18.1 Å². The summed E-state index contributed by atoms with van der Waals surface area (Å²) >= 11 is 0. The molecule has 2 aromatic heterocycles. The smallest absolute Gasteiger partial charge is 0.240 e. The van der Waals surface area contributed by atoms with Gasteiger partial charge in [-0.3, -0.25) is 0 Å². The van der Waals surface area contributed by atoms with E-state index in [2.05, 4.69) is 19.7 Å². The highest BCUT2D eigenvalue weighted by Crippen LogP contribution is 2.23. The summed E-state index contributed by atoms with van der Waals surface area (Å²) in [6, 6.07) is 22.7. The molecule has 5 rings (SSSR count). The van der Waals surface area contributed by atoms with Gasteiger partial charge >= 0.3 is 0 Å². The molecular formula is C23H20N4O2S. The van der Waals surface area contributed by atoms with Crippen molar-refractivity contribution in [3.05, 3.63) is 84.6 Å². The number of H-pyrrole nitrogens is 2. The fraction of sp³-hybridized carbons (Fsp3) is 0.0870. The van der Waals surface area contributed by atoms with Gasteiger partial charge in [-0.05, 0) is 36.2 Å². The first-order chi connectivity index (χ1) is 14.6. The second kappa shape index (κ2) is 7.44. The number of hydrogen-bond donors (Lipinski definition) is 3. The van der Waals surface area contributed by atoms with Crippen LogP contribution in [0.25, 0.3) is 33.3 Å². The van der Waals surface area contributed by atoms with Crippen molar-refractivity contribution < 1.29 is 8.42 Å². The number of rotatable bonds is 6. The molecule has 0 saturated heterocycles. The summed E-state index contributed by atoms with van der Waals surface area (Å²) in [5.74, 6) is 0.715. The number of para-hydroxylation sites is 1. The quantitative estimate of drug-likeness (QED) is 0.387. The van der Waals surface area contributed by atoms with Crippen molar-refractivity contribution in [1.29, 1.82) is 0 Å². The van der Waals surface area contributed by atoms with Crippen LogP contribution in [0.15, 0.2) is 83.9 Å². The van der Waals surface area contributed by atoms with E-state index >= 15 is 0 Å². The largest absolute Gasteiger partial charge is 0.361 e. The number of hydrogen-bond acceptors (Lipinski definition) is 3. The number of benzene rings is 3. The second-order valence-corrected chi connectivity index (χ2v) is 8.90. The summed E-state index contributed by atoms with van der Waals surface area (Å²) in [5, 5.41) is 1.11. The molecule has 0 aliphatic carbocycles. The molecule has 0 spiro atoms. The van der Waals surface area contributed by atoms with Gasteiger partial charge in [0.15, 0.2) is 0 Å². The highest BCUT2D eigenvalue weighted by Gasteiger charge is 2.16. The highest BCUT2D eigenvalue weighted by atomic mass is 32.2. The number of sulfonamides is 1. The Kier molecular flexibility index (Phi) is 4.61. The Morgan fingerprint density at radius 1 is 0.900 bits per heavy atom. The number of nitrogens with one attached hydrogen (secondary N) is 3. The summed E-state index contributed by atoms with van der Waals surface area (Å²) in [4.78, 5) is 11.2. The molecule has 0 saturated carbocycles. The van der Waals surface area contributed by atoms with Crippen molar-refractivity contribution in [2.45, 2.75) is 11.3 Å². The van der Waals surface area contributed by atoms with Crippen molar-refractivity contribution in [2.24, 2.45) is 0 Å². The number of imidazole rings is 1. The molecule has 0 atom stereocenters. The Balaban J connectivity index is 1.34. The van der Waals surface area contributed by atoms with E-state index < -0.39 is 10.0 Å². The second-order valence-electron chi connectivity index (χ2n) is 7.14. The van der Waals surface area contributed by atoms with E-state index in [0.717, 1.165) is 27.5 Å². The zero-order chi connectivity index (χ0) is 20.6. The van der Waals surface area contributed by atoms with Crippen LogP contribution in [0.4, 0.5) is 0 Å². The molecular weight excluding hydrogens is 396 g/mol. The van der Waals surface area contributed by atoms with Crippen molar-refractivity contribution >= 4 is 32.0 Å². The van der Waals surface area contributed by atoms with Gasteiger partial charge in [0.05, 0.1) is 15.9 Å². The first-order valence-corrected chi connectivity index (χ1v) is 11.2. The number of aromatic nitrogens is 3. The molecule has 6 nitrogen and oxygen atoms in total. The van der Waals surface area contributed by atoms with E-state index in [4.69, 9.17) is 0 Å². The predicted molar refractivity (Wildman–Crippen MR) is 119 cm³/mol. The monoisotopic (exact) mass is 416 g/mol. The molecule has 0 unspecified atom stereocenters. The molecule has 30 heavy (non-hydrogen) atoms.